The highest BCUT2D eigenvalue weighted by Gasteiger charge is 2.27. The average molecular weight is 464 g/mol. The number of halogens is 1. The van der Waals surface area contributed by atoms with E-state index in [1.807, 2.05) is 18.2 Å². The third-order valence-corrected chi connectivity index (χ3v) is 8.27. The molecule has 2 aromatic carbocycles. The molecule has 0 bridgehead atoms. The van der Waals surface area contributed by atoms with Gasteiger partial charge >= 0.3 is 0 Å². The molecule has 0 radical (unpaired) electrons. The minimum atomic E-state index is -3.76. The molecule has 1 saturated heterocycles. The fourth-order valence-corrected chi connectivity index (χ4v) is 5.98. The minimum absolute atomic E-state index is 0.0373. The van der Waals surface area contributed by atoms with Crippen molar-refractivity contribution >= 4 is 27.5 Å². The summed E-state index contributed by atoms with van der Waals surface area (Å²) in [5.41, 5.74) is 1.44. The highest BCUT2D eigenvalue weighted by Crippen LogP contribution is 2.27. The van der Waals surface area contributed by atoms with Gasteiger partial charge in [0.25, 0.3) is 5.91 Å². The number of hydrogen-bond donors (Lipinski definition) is 1. The Balaban J connectivity index is 1.80. The molecule has 1 aliphatic heterocycles. The third-order valence-electron chi connectivity index (χ3n) is 5.74. The van der Waals surface area contributed by atoms with Gasteiger partial charge in [0.2, 0.25) is 10.0 Å². The van der Waals surface area contributed by atoms with E-state index in [4.69, 9.17) is 11.6 Å². The lowest BCUT2D eigenvalue weighted by molar-refractivity contribution is 0.0937. The highest BCUT2D eigenvalue weighted by molar-refractivity contribution is 7.89. The molecule has 31 heavy (non-hydrogen) atoms. The summed E-state index contributed by atoms with van der Waals surface area (Å²) in [5, 5.41) is 3.11. The van der Waals surface area contributed by atoms with Gasteiger partial charge in [-0.25, -0.2) is 8.42 Å². The van der Waals surface area contributed by atoms with Crippen molar-refractivity contribution in [3.63, 3.8) is 0 Å². The number of hydrogen-bond acceptors (Lipinski definition) is 4. The summed E-state index contributed by atoms with van der Waals surface area (Å²) in [6.45, 7) is 6.66. The van der Waals surface area contributed by atoms with Gasteiger partial charge in [0.05, 0.1) is 11.1 Å². The van der Waals surface area contributed by atoms with Crippen LogP contribution in [0.1, 0.15) is 48.7 Å². The zero-order valence-electron chi connectivity index (χ0n) is 18.1. The smallest absolute Gasteiger partial charge is 0.251 e. The van der Waals surface area contributed by atoms with E-state index in [9.17, 15) is 13.2 Å². The molecule has 2 aromatic rings. The number of carbonyl (C=O) groups excluding carboxylic acids is 1. The summed E-state index contributed by atoms with van der Waals surface area (Å²) < 4.78 is 27.2. The van der Waals surface area contributed by atoms with Crippen molar-refractivity contribution in [1.29, 1.82) is 0 Å². The van der Waals surface area contributed by atoms with Crippen molar-refractivity contribution in [1.82, 2.24) is 14.5 Å². The molecule has 1 amide bonds. The van der Waals surface area contributed by atoms with E-state index in [0.717, 1.165) is 31.5 Å². The first-order valence-electron chi connectivity index (χ1n) is 10.7. The second-order valence-corrected chi connectivity index (χ2v) is 9.93. The van der Waals surface area contributed by atoms with Crippen molar-refractivity contribution in [3.8, 4) is 0 Å². The van der Waals surface area contributed by atoms with Gasteiger partial charge < -0.3 is 5.32 Å². The number of sulfonamides is 1. The molecule has 1 N–H and O–H groups in total. The van der Waals surface area contributed by atoms with Crippen LogP contribution in [-0.4, -0.2) is 56.3 Å². The molecular formula is C23H30ClN3O3S. The number of nitrogens with zero attached hydrogens (tertiary/aromatic N) is 2. The molecule has 0 saturated carbocycles. The molecule has 3 rings (SSSR count). The van der Waals surface area contributed by atoms with Crippen LogP contribution >= 0.6 is 11.6 Å². The third kappa shape index (κ3) is 5.47. The second kappa shape index (κ2) is 10.6. The van der Waals surface area contributed by atoms with Gasteiger partial charge in [-0.05, 0) is 49.7 Å². The van der Waals surface area contributed by atoms with E-state index in [-0.39, 0.29) is 27.4 Å². The SMILES string of the molecule is CCN(CC)S(=O)(=O)c1cc(C(=O)NCC(c2ccccc2)N2CCCC2)ccc1Cl. The van der Waals surface area contributed by atoms with Gasteiger partial charge in [0, 0.05) is 25.2 Å². The quantitative estimate of drug-likeness (QED) is 0.611. The number of likely N-dealkylation sites (tertiary alicyclic amines) is 1. The lowest BCUT2D eigenvalue weighted by Crippen LogP contribution is -2.37. The van der Waals surface area contributed by atoms with Crippen LogP contribution in [0.4, 0.5) is 0 Å². The Morgan fingerprint density at radius 2 is 1.74 bits per heavy atom. The summed E-state index contributed by atoms with van der Waals surface area (Å²) >= 11 is 6.19. The van der Waals surface area contributed by atoms with E-state index in [1.165, 1.54) is 16.4 Å². The van der Waals surface area contributed by atoms with E-state index < -0.39 is 10.0 Å². The summed E-state index contributed by atoms with van der Waals surface area (Å²) in [4.78, 5) is 15.3. The fraction of sp³-hybridized carbons (Fsp3) is 0.435. The van der Waals surface area contributed by atoms with Crippen molar-refractivity contribution in [2.24, 2.45) is 0 Å². The normalized spacial score (nSPS) is 15.9. The van der Waals surface area contributed by atoms with E-state index in [0.29, 0.717) is 19.6 Å². The first-order valence-corrected chi connectivity index (χ1v) is 12.6. The van der Waals surface area contributed by atoms with Gasteiger partial charge in [-0.1, -0.05) is 55.8 Å². The molecule has 8 heteroatoms. The van der Waals surface area contributed by atoms with Crippen LogP contribution in [-0.2, 0) is 10.0 Å². The Labute approximate surface area is 190 Å². The van der Waals surface area contributed by atoms with Crippen LogP contribution in [0.3, 0.4) is 0 Å². The molecule has 0 spiro atoms. The summed E-state index contributed by atoms with van der Waals surface area (Å²) in [6, 6.07) is 14.6. The molecule has 0 aromatic heterocycles. The number of amides is 1. The Morgan fingerprint density at radius 1 is 1.10 bits per heavy atom. The summed E-state index contributed by atoms with van der Waals surface area (Å²) in [7, 11) is -3.76. The van der Waals surface area contributed by atoms with E-state index in [1.54, 1.807) is 19.9 Å². The van der Waals surface area contributed by atoms with E-state index >= 15 is 0 Å². The standard InChI is InChI=1S/C23H30ClN3O3S/c1-3-27(4-2)31(29,30)22-16-19(12-13-20(22)24)23(28)25-17-21(26-14-8-9-15-26)18-10-6-5-7-11-18/h5-7,10-13,16,21H,3-4,8-9,14-15,17H2,1-2H3,(H,25,28). The maximum atomic E-state index is 12.9. The molecular weight excluding hydrogens is 434 g/mol. The van der Waals surface area contributed by atoms with Gasteiger partial charge in [-0.3, -0.25) is 9.69 Å². The van der Waals surface area contributed by atoms with Crippen molar-refractivity contribution in [2.75, 3.05) is 32.7 Å². The fourth-order valence-electron chi connectivity index (χ4n) is 4.02. The maximum Gasteiger partial charge on any atom is 0.251 e. The van der Waals surface area contributed by atoms with Crippen LogP contribution in [0.15, 0.2) is 53.4 Å². The van der Waals surface area contributed by atoms with Gasteiger partial charge in [0.1, 0.15) is 4.90 Å². The minimum Gasteiger partial charge on any atom is -0.350 e. The lowest BCUT2D eigenvalue weighted by Gasteiger charge is -2.28. The molecule has 0 aliphatic carbocycles. The molecule has 1 fully saturated rings. The number of carbonyl (C=O) groups is 1. The highest BCUT2D eigenvalue weighted by atomic mass is 35.5. The van der Waals surface area contributed by atoms with Crippen molar-refractivity contribution < 1.29 is 13.2 Å². The zero-order chi connectivity index (χ0) is 22.4. The van der Waals surface area contributed by atoms with E-state index in [2.05, 4.69) is 22.3 Å². The number of benzene rings is 2. The predicted molar refractivity (Wildman–Crippen MR) is 124 cm³/mol. The molecule has 168 valence electrons. The summed E-state index contributed by atoms with van der Waals surface area (Å²) in [6.07, 6.45) is 2.31. The molecule has 1 heterocycles. The average Bonchev–Trinajstić information content (AvgIpc) is 3.30. The Hall–Kier alpha value is -1.93. The topological polar surface area (TPSA) is 69.7 Å². The zero-order valence-corrected chi connectivity index (χ0v) is 19.6. The molecule has 6 nitrogen and oxygen atoms in total. The predicted octanol–water partition coefficient (Wildman–Crippen LogP) is 3.94. The van der Waals surface area contributed by atoms with Gasteiger partial charge in [-0.2, -0.15) is 4.31 Å². The largest absolute Gasteiger partial charge is 0.350 e. The monoisotopic (exact) mass is 463 g/mol. The van der Waals surface area contributed by atoms with Gasteiger partial charge in [-0.15, -0.1) is 0 Å². The molecule has 1 atom stereocenters. The van der Waals surface area contributed by atoms with Crippen LogP contribution < -0.4 is 5.32 Å². The first-order chi connectivity index (χ1) is 14.9. The van der Waals surface area contributed by atoms with Crippen LogP contribution in [0.25, 0.3) is 0 Å². The summed E-state index contributed by atoms with van der Waals surface area (Å²) in [5.74, 6) is -0.312. The number of nitrogens with one attached hydrogen (secondary N) is 1. The molecule has 1 unspecified atom stereocenters. The molecule has 1 aliphatic rings. The number of rotatable bonds is 9. The Kier molecular flexibility index (Phi) is 8.11. The Morgan fingerprint density at radius 3 is 2.35 bits per heavy atom. The first kappa shape index (κ1) is 23.7. The van der Waals surface area contributed by atoms with Crippen LogP contribution in [0, 0.1) is 0 Å². The maximum absolute atomic E-state index is 12.9. The van der Waals surface area contributed by atoms with Crippen LogP contribution in [0.2, 0.25) is 5.02 Å². The van der Waals surface area contributed by atoms with Crippen molar-refractivity contribution in [3.05, 3.63) is 64.7 Å². The Bertz CT molecular complexity index is 988. The second-order valence-electron chi connectivity index (χ2n) is 7.61. The van der Waals surface area contributed by atoms with Gasteiger partial charge in [0.15, 0.2) is 0 Å². The lowest BCUT2D eigenvalue weighted by atomic mass is 10.1. The van der Waals surface area contributed by atoms with Crippen LogP contribution in [0.5, 0.6) is 0 Å². The van der Waals surface area contributed by atoms with Crippen molar-refractivity contribution in [2.45, 2.75) is 37.6 Å².